The summed E-state index contributed by atoms with van der Waals surface area (Å²) in [7, 11) is 0. The Morgan fingerprint density at radius 3 is 2.82 bits per heavy atom. The highest BCUT2D eigenvalue weighted by atomic mass is 16.1. The van der Waals surface area contributed by atoms with Crippen LogP contribution in [0.25, 0.3) is 0 Å². The smallest absolute Gasteiger partial charge is 0.234 e. The maximum absolute atomic E-state index is 10.6. The van der Waals surface area contributed by atoms with Crippen LogP contribution >= 0.6 is 0 Å². The molecule has 4 nitrogen and oxygen atoms in total. The van der Waals surface area contributed by atoms with Crippen molar-refractivity contribution >= 4 is 5.91 Å². The molecular formula is C7H13N3O. The summed E-state index contributed by atoms with van der Waals surface area (Å²) in [5.41, 5.74) is 5.05. The zero-order valence-electron chi connectivity index (χ0n) is 6.63. The van der Waals surface area contributed by atoms with E-state index in [0.29, 0.717) is 6.42 Å². The molecule has 1 atom stereocenters. The van der Waals surface area contributed by atoms with Gasteiger partial charge >= 0.3 is 0 Å². The van der Waals surface area contributed by atoms with Crippen LogP contribution in [-0.4, -0.2) is 18.5 Å². The molecule has 0 aromatic carbocycles. The molecule has 0 spiro atoms. The third-order valence-electron chi connectivity index (χ3n) is 1.35. The fourth-order valence-electron chi connectivity index (χ4n) is 0.802. The molecule has 0 aliphatic rings. The maximum atomic E-state index is 10.6. The number of nitrogens with zero attached hydrogens (tertiary/aromatic N) is 1. The summed E-state index contributed by atoms with van der Waals surface area (Å²) in [5.74, 6) is -0.387. The second-order valence-electron chi connectivity index (χ2n) is 2.28. The number of hydrogen-bond donors (Lipinski definition) is 2. The molecule has 0 saturated carbocycles. The first-order valence-electron chi connectivity index (χ1n) is 3.62. The Balaban J connectivity index is 3.71. The standard InChI is InChI=1S/C7H13N3O/c1-2-3-6(7(9)11)10-5-4-8/h6,10H,2-3,5H2,1H3,(H2,9,11)/t6-/m0/s1. The fraction of sp³-hybridized carbons (Fsp3) is 0.714. The summed E-state index contributed by atoms with van der Waals surface area (Å²) in [4.78, 5) is 10.6. The number of rotatable bonds is 5. The van der Waals surface area contributed by atoms with Crippen LogP contribution in [0.1, 0.15) is 19.8 Å². The van der Waals surface area contributed by atoms with Crippen molar-refractivity contribution in [2.45, 2.75) is 25.8 Å². The van der Waals surface area contributed by atoms with Gasteiger partial charge in [0.2, 0.25) is 5.91 Å². The lowest BCUT2D eigenvalue weighted by Crippen LogP contribution is -2.41. The number of nitrogens with two attached hydrogens (primary N) is 1. The molecule has 1 amide bonds. The molecule has 0 rings (SSSR count). The Kier molecular flexibility index (Phi) is 5.13. The van der Waals surface area contributed by atoms with Gasteiger partial charge in [0.15, 0.2) is 0 Å². The second kappa shape index (κ2) is 5.69. The van der Waals surface area contributed by atoms with Gasteiger partial charge in [0.05, 0.1) is 18.7 Å². The van der Waals surface area contributed by atoms with Gasteiger partial charge in [0.25, 0.3) is 0 Å². The van der Waals surface area contributed by atoms with Gasteiger partial charge in [-0.3, -0.25) is 10.1 Å². The molecule has 0 radical (unpaired) electrons. The van der Waals surface area contributed by atoms with Crippen LogP contribution in [0.3, 0.4) is 0 Å². The quantitative estimate of drug-likeness (QED) is 0.537. The van der Waals surface area contributed by atoms with Gasteiger partial charge in [-0.2, -0.15) is 5.26 Å². The zero-order valence-corrected chi connectivity index (χ0v) is 6.63. The van der Waals surface area contributed by atoms with E-state index in [1.165, 1.54) is 0 Å². The molecule has 0 unspecified atom stereocenters. The monoisotopic (exact) mass is 155 g/mol. The molecular weight excluding hydrogens is 142 g/mol. The normalized spacial score (nSPS) is 12.0. The molecule has 0 aromatic heterocycles. The molecule has 0 bridgehead atoms. The molecule has 0 aliphatic heterocycles. The summed E-state index contributed by atoms with van der Waals surface area (Å²) in [6, 6.07) is 1.55. The Hall–Kier alpha value is -1.08. The minimum absolute atomic E-state index is 0.174. The summed E-state index contributed by atoms with van der Waals surface area (Å²) in [6.45, 7) is 2.14. The van der Waals surface area contributed by atoms with Gasteiger partial charge in [-0.1, -0.05) is 13.3 Å². The van der Waals surface area contributed by atoms with Crippen molar-refractivity contribution < 1.29 is 4.79 Å². The van der Waals surface area contributed by atoms with E-state index < -0.39 is 0 Å². The Morgan fingerprint density at radius 2 is 2.45 bits per heavy atom. The van der Waals surface area contributed by atoms with E-state index in [2.05, 4.69) is 5.32 Å². The summed E-state index contributed by atoms with van der Waals surface area (Å²) in [6.07, 6.45) is 1.57. The minimum Gasteiger partial charge on any atom is -0.368 e. The molecule has 0 heterocycles. The third-order valence-corrected chi connectivity index (χ3v) is 1.35. The Morgan fingerprint density at radius 1 is 1.82 bits per heavy atom. The van der Waals surface area contributed by atoms with Gasteiger partial charge in [-0.25, -0.2) is 0 Å². The van der Waals surface area contributed by atoms with E-state index in [1.54, 1.807) is 0 Å². The largest absolute Gasteiger partial charge is 0.368 e. The van der Waals surface area contributed by atoms with Crippen LogP contribution in [0.2, 0.25) is 0 Å². The van der Waals surface area contributed by atoms with E-state index in [9.17, 15) is 4.79 Å². The van der Waals surface area contributed by atoms with Crippen molar-refractivity contribution in [1.29, 1.82) is 5.26 Å². The van der Waals surface area contributed by atoms with Gasteiger partial charge in [-0.05, 0) is 6.42 Å². The lowest BCUT2D eigenvalue weighted by molar-refractivity contribution is -0.120. The number of carbonyl (C=O) groups is 1. The predicted molar refractivity (Wildman–Crippen MR) is 41.5 cm³/mol. The predicted octanol–water partition coefficient (Wildman–Crippen LogP) is -0.246. The van der Waals surface area contributed by atoms with E-state index >= 15 is 0 Å². The highest BCUT2D eigenvalue weighted by Crippen LogP contribution is 1.94. The molecule has 4 heteroatoms. The third kappa shape index (κ3) is 4.34. The van der Waals surface area contributed by atoms with Crippen LogP contribution in [0, 0.1) is 11.3 Å². The number of carbonyl (C=O) groups excluding carboxylic acids is 1. The van der Waals surface area contributed by atoms with Gasteiger partial charge in [0, 0.05) is 0 Å². The van der Waals surface area contributed by atoms with Crippen LogP contribution in [0.4, 0.5) is 0 Å². The average molecular weight is 155 g/mol. The van der Waals surface area contributed by atoms with Gasteiger partial charge in [0.1, 0.15) is 0 Å². The number of nitriles is 1. The van der Waals surface area contributed by atoms with Crippen molar-refractivity contribution in [2.75, 3.05) is 6.54 Å². The number of hydrogen-bond acceptors (Lipinski definition) is 3. The minimum atomic E-state index is -0.387. The maximum Gasteiger partial charge on any atom is 0.234 e. The van der Waals surface area contributed by atoms with Crippen molar-refractivity contribution in [2.24, 2.45) is 5.73 Å². The van der Waals surface area contributed by atoms with Crippen LogP contribution in [0.15, 0.2) is 0 Å². The zero-order chi connectivity index (χ0) is 8.69. The molecule has 0 saturated heterocycles. The average Bonchev–Trinajstić information content (AvgIpc) is 1.97. The molecule has 0 aromatic rings. The highest BCUT2D eigenvalue weighted by molar-refractivity contribution is 5.79. The van der Waals surface area contributed by atoms with Gasteiger partial charge < -0.3 is 5.73 Å². The van der Waals surface area contributed by atoms with Crippen molar-refractivity contribution in [3.8, 4) is 6.07 Å². The highest BCUT2D eigenvalue weighted by Gasteiger charge is 2.11. The van der Waals surface area contributed by atoms with E-state index in [4.69, 9.17) is 11.0 Å². The van der Waals surface area contributed by atoms with Crippen molar-refractivity contribution in [1.82, 2.24) is 5.32 Å². The lowest BCUT2D eigenvalue weighted by Gasteiger charge is -2.10. The number of nitrogens with one attached hydrogen (secondary N) is 1. The lowest BCUT2D eigenvalue weighted by atomic mass is 10.1. The van der Waals surface area contributed by atoms with Crippen molar-refractivity contribution in [3.05, 3.63) is 0 Å². The van der Waals surface area contributed by atoms with Crippen LogP contribution < -0.4 is 11.1 Å². The molecule has 0 aliphatic carbocycles. The second-order valence-corrected chi connectivity index (χ2v) is 2.28. The summed E-state index contributed by atoms with van der Waals surface area (Å²) < 4.78 is 0. The van der Waals surface area contributed by atoms with E-state index in [1.807, 2.05) is 13.0 Å². The molecule has 11 heavy (non-hydrogen) atoms. The topological polar surface area (TPSA) is 78.9 Å². The molecule has 0 fully saturated rings. The SMILES string of the molecule is CCC[C@H](NCC#N)C(N)=O. The Bertz CT molecular complexity index is 162. The first kappa shape index (κ1) is 9.92. The Labute approximate surface area is 66.4 Å². The van der Waals surface area contributed by atoms with E-state index in [-0.39, 0.29) is 18.5 Å². The van der Waals surface area contributed by atoms with Crippen molar-refractivity contribution in [3.63, 3.8) is 0 Å². The molecule has 62 valence electrons. The number of amides is 1. The summed E-state index contributed by atoms with van der Waals surface area (Å²) >= 11 is 0. The first-order chi connectivity index (χ1) is 5.22. The van der Waals surface area contributed by atoms with Crippen LogP contribution in [-0.2, 0) is 4.79 Å². The van der Waals surface area contributed by atoms with E-state index in [0.717, 1.165) is 6.42 Å². The summed E-state index contributed by atoms with van der Waals surface area (Å²) in [5, 5.41) is 10.9. The fourth-order valence-corrected chi connectivity index (χ4v) is 0.802. The van der Waals surface area contributed by atoms with Crippen LogP contribution in [0.5, 0.6) is 0 Å². The number of primary amides is 1. The first-order valence-corrected chi connectivity index (χ1v) is 3.62. The van der Waals surface area contributed by atoms with Gasteiger partial charge in [-0.15, -0.1) is 0 Å². The molecule has 3 N–H and O–H groups in total.